The predicted molar refractivity (Wildman–Crippen MR) is 73.8 cm³/mol. The molecule has 0 heterocycles. The van der Waals surface area contributed by atoms with Crippen LogP contribution < -0.4 is 5.32 Å². The number of carboxylic acid groups (broad SMARTS) is 1. The Bertz CT molecular complexity index is 277. The van der Waals surface area contributed by atoms with Crippen LogP contribution >= 0.6 is 11.8 Å². The molecule has 0 spiro atoms. The summed E-state index contributed by atoms with van der Waals surface area (Å²) in [6, 6.07) is 0.200. The van der Waals surface area contributed by atoms with E-state index in [0.717, 1.165) is 24.1 Å². The lowest BCUT2D eigenvalue weighted by Crippen LogP contribution is -2.35. The molecule has 0 aliphatic heterocycles. The first-order valence-electron chi connectivity index (χ1n) is 6.67. The fourth-order valence-corrected chi connectivity index (χ4v) is 3.07. The van der Waals surface area contributed by atoms with Gasteiger partial charge in [0.2, 0.25) is 5.91 Å². The number of hydrogen-bond acceptors (Lipinski definition) is 3. The molecule has 0 aromatic carbocycles. The number of aliphatic carboxylic acids is 1. The number of thioether (sulfide) groups is 1. The van der Waals surface area contributed by atoms with E-state index in [1.165, 1.54) is 32.1 Å². The van der Waals surface area contributed by atoms with Crippen molar-refractivity contribution in [1.29, 1.82) is 0 Å². The molecule has 0 unspecified atom stereocenters. The van der Waals surface area contributed by atoms with Crippen LogP contribution in [0.4, 0.5) is 0 Å². The van der Waals surface area contributed by atoms with Crippen LogP contribution in [0.25, 0.3) is 0 Å². The van der Waals surface area contributed by atoms with Gasteiger partial charge < -0.3 is 10.4 Å². The first-order valence-corrected chi connectivity index (χ1v) is 7.82. The van der Waals surface area contributed by atoms with Gasteiger partial charge in [-0.1, -0.05) is 32.1 Å². The van der Waals surface area contributed by atoms with Crippen LogP contribution in [0.1, 0.15) is 45.4 Å². The lowest BCUT2D eigenvalue weighted by atomic mass is 9.85. The summed E-state index contributed by atoms with van der Waals surface area (Å²) in [5, 5.41) is 11.4. The summed E-state index contributed by atoms with van der Waals surface area (Å²) < 4.78 is 0. The van der Waals surface area contributed by atoms with Gasteiger partial charge in [0.05, 0.1) is 11.5 Å². The molecule has 18 heavy (non-hydrogen) atoms. The van der Waals surface area contributed by atoms with Crippen LogP contribution in [0.2, 0.25) is 0 Å². The van der Waals surface area contributed by atoms with Crippen LogP contribution in [0, 0.1) is 5.92 Å². The molecule has 5 heteroatoms. The second kappa shape index (κ2) is 8.40. The van der Waals surface area contributed by atoms with Crippen molar-refractivity contribution < 1.29 is 14.7 Å². The first kappa shape index (κ1) is 15.3. The Balaban J connectivity index is 2.12. The topological polar surface area (TPSA) is 66.4 Å². The van der Waals surface area contributed by atoms with Gasteiger partial charge in [0, 0.05) is 6.04 Å². The molecule has 0 aromatic rings. The summed E-state index contributed by atoms with van der Waals surface area (Å²) in [6.07, 6.45) is 7.61. The molecule has 1 aliphatic rings. The van der Waals surface area contributed by atoms with Crippen LogP contribution in [-0.4, -0.2) is 34.5 Å². The van der Waals surface area contributed by atoms with E-state index in [-0.39, 0.29) is 23.5 Å². The predicted octanol–water partition coefficient (Wildman–Crippen LogP) is 2.28. The van der Waals surface area contributed by atoms with Crippen LogP contribution in [0.3, 0.4) is 0 Å². The maximum atomic E-state index is 11.6. The summed E-state index contributed by atoms with van der Waals surface area (Å²) in [4.78, 5) is 21.9. The highest BCUT2D eigenvalue weighted by Gasteiger charge is 2.17. The Labute approximate surface area is 113 Å². The number of rotatable bonds is 7. The maximum Gasteiger partial charge on any atom is 0.313 e. The number of hydrogen-bond donors (Lipinski definition) is 2. The van der Waals surface area contributed by atoms with E-state index in [1.807, 2.05) is 6.92 Å². The molecule has 4 nitrogen and oxygen atoms in total. The number of carbonyl (C=O) groups is 2. The molecule has 1 rings (SSSR count). The van der Waals surface area contributed by atoms with Crippen molar-refractivity contribution in [3.05, 3.63) is 0 Å². The highest BCUT2D eigenvalue weighted by atomic mass is 32.2. The van der Waals surface area contributed by atoms with Gasteiger partial charge in [-0.3, -0.25) is 9.59 Å². The fourth-order valence-electron chi connectivity index (χ4n) is 2.53. The third-order valence-electron chi connectivity index (χ3n) is 3.28. The normalized spacial score (nSPS) is 18.3. The molecule has 0 aromatic heterocycles. The molecule has 0 bridgehead atoms. The summed E-state index contributed by atoms with van der Waals surface area (Å²) in [7, 11) is 0. The molecule has 2 N–H and O–H groups in total. The van der Waals surface area contributed by atoms with Crippen molar-refractivity contribution >= 4 is 23.6 Å². The van der Waals surface area contributed by atoms with E-state index in [9.17, 15) is 9.59 Å². The van der Waals surface area contributed by atoms with Crippen molar-refractivity contribution in [2.75, 3.05) is 11.5 Å². The number of carboxylic acids is 1. The summed E-state index contributed by atoms with van der Waals surface area (Å²) >= 11 is 1.15. The van der Waals surface area contributed by atoms with Crippen LogP contribution in [-0.2, 0) is 9.59 Å². The quantitative estimate of drug-likeness (QED) is 0.747. The molecule has 1 saturated carbocycles. The van der Waals surface area contributed by atoms with Crippen molar-refractivity contribution in [2.45, 2.75) is 51.5 Å². The van der Waals surface area contributed by atoms with E-state index in [1.54, 1.807) is 0 Å². The van der Waals surface area contributed by atoms with Crippen molar-refractivity contribution in [2.24, 2.45) is 5.92 Å². The van der Waals surface area contributed by atoms with E-state index >= 15 is 0 Å². The number of amides is 1. The van der Waals surface area contributed by atoms with Crippen molar-refractivity contribution in [3.8, 4) is 0 Å². The van der Waals surface area contributed by atoms with E-state index < -0.39 is 5.97 Å². The zero-order valence-electron chi connectivity index (χ0n) is 11.0. The van der Waals surface area contributed by atoms with E-state index in [4.69, 9.17) is 5.11 Å². The zero-order chi connectivity index (χ0) is 13.4. The average molecular weight is 273 g/mol. The first-order chi connectivity index (χ1) is 8.58. The van der Waals surface area contributed by atoms with Crippen molar-refractivity contribution in [3.63, 3.8) is 0 Å². The van der Waals surface area contributed by atoms with Gasteiger partial charge in [-0.15, -0.1) is 11.8 Å². The third-order valence-corrected chi connectivity index (χ3v) is 4.20. The lowest BCUT2D eigenvalue weighted by Gasteiger charge is -2.25. The van der Waals surface area contributed by atoms with Crippen LogP contribution in [0.15, 0.2) is 0 Å². The van der Waals surface area contributed by atoms with Gasteiger partial charge in [-0.05, 0) is 19.3 Å². The minimum atomic E-state index is -0.872. The second-order valence-corrected chi connectivity index (χ2v) is 6.08. The molecule has 1 amide bonds. The van der Waals surface area contributed by atoms with Crippen molar-refractivity contribution in [1.82, 2.24) is 5.32 Å². The van der Waals surface area contributed by atoms with Gasteiger partial charge in [-0.25, -0.2) is 0 Å². The molecule has 1 fully saturated rings. The van der Waals surface area contributed by atoms with Gasteiger partial charge >= 0.3 is 5.97 Å². The Morgan fingerprint density at radius 2 is 1.94 bits per heavy atom. The number of carbonyl (C=O) groups excluding carboxylic acids is 1. The Kier molecular flexibility index (Phi) is 7.16. The standard InChI is InChI=1S/C13H23NO3S/c1-10(7-11-5-3-2-4-6-11)14-12(15)8-18-9-13(16)17/h10-11H,2-9H2,1H3,(H,14,15)(H,16,17)/t10-/m1/s1. The smallest absolute Gasteiger partial charge is 0.313 e. The Morgan fingerprint density at radius 3 is 2.56 bits per heavy atom. The number of nitrogens with one attached hydrogen (secondary N) is 1. The third kappa shape index (κ3) is 6.89. The largest absolute Gasteiger partial charge is 0.481 e. The lowest BCUT2D eigenvalue weighted by molar-refractivity contribution is -0.133. The Hall–Kier alpha value is -0.710. The molecule has 1 atom stereocenters. The maximum absolute atomic E-state index is 11.6. The van der Waals surface area contributed by atoms with Gasteiger partial charge in [-0.2, -0.15) is 0 Å². The highest BCUT2D eigenvalue weighted by Crippen LogP contribution is 2.27. The van der Waals surface area contributed by atoms with Gasteiger partial charge in [0.25, 0.3) is 0 Å². The monoisotopic (exact) mass is 273 g/mol. The minimum Gasteiger partial charge on any atom is -0.481 e. The van der Waals surface area contributed by atoms with E-state index in [2.05, 4.69) is 5.32 Å². The molecule has 0 radical (unpaired) electrons. The molecular weight excluding hydrogens is 250 g/mol. The molecule has 0 saturated heterocycles. The SMILES string of the molecule is C[C@H](CC1CCCCC1)NC(=O)CSCC(=O)O. The molecule has 1 aliphatic carbocycles. The van der Waals surface area contributed by atoms with E-state index in [0.29, 0.717) is 0 Å². The van der Waals surface area contributed by atoms with Crippen LogP contribution in [0.5, 0.6) is 0 Å². The van der Waals surface area contributed by atoms with Gasteiger partial charge in [0.1, 0.15) is 0 Å². The Morgan fingerprint density at radius 1 is 1.28 bits per heavy atom. The zero-order valence-corrected chi connectivity index (χ0v) is 11.8. The average Bonchev–Trinajstić information content (AvgIpc) is 2.29. The fraction of sp³-hybridized carbons (Fsp3) is 0.846. The van der Waals surface area contributed by atoms with Gasteiger partial charge in [0.15, 0.2) is 0 Å². The highest BCUT2D eigenvalue weighted by molar-refractivity contribution is 8.00. The summed E-state index contributed by atoms with van der Waals surface area (Å²) in [6.45, 7) is 2.04. The summed E-state index contributed by atoms with van der Waals surface area (Å²) in [5.74, 6) is 0.0551. The second-order valence-electron chi connectivity index (χ2n) is 5.09. The summed E-state index contributed by atoms with van der Waals surface area (Å²) in [5.41, 5.74) is 0. The molecule has 104 valence electrons. The molecular formula is C13H23NO3S. The minimum absolute atomic E-state index is 0.00950.